The highest BCUT2D eigenvalue weighted by Gasteiger charge is 2.28. The molecule has 4 atom stereocenters. The van der Waals surface area contributed by atoms with Gasteiger partial charge in [0.1, 0.15) is 17.2 Å². The van der Waals surface area contributed by atoms with Crippen molar-refractivity contribution in [3.8, 4) is 23.0 Å². The minimum atomic E-state index is -0.824. The van der Waals surface area contributed by atoms with Crippen molar-refractivity contribution < 1.29 is 144 Å². The first-order valence-electron chi connectivity index (χ1n) is 45.8. The molecule has 8 N–H and O–H groups in total. The Balaban J connectivity index is -0.000000754. The van der Waals surface area contributed by atoms with Gasteiger partial charge in [-0.15, -0.1) is 0 Å². The molecule has 808 valence electrons. The fraction of sp³-hybridized carbons (Fsp3) is 0.495. The number of urea groups is 1. The number of amides is 8. The normalized spacial score (nSPS) is 12.1. The van der Waals surface area contributed by atoms with Gasteiger partial charge in [-0.3, -0.25) is 98.0 Å². The first-order valence-corrected chi connectivity index (χ1v) is 47.8. The number of aliphatic hydroxyl groups is 1. The number of non-ortho nitro benzene ring substituents is 1. The number of benzene rings is 6. The molecule has 145 heavy (non-hydrogen) atoms. The molecule has 4 unspecified atom stereocenters. The third-order valence-corrected chi connectivity index (χ3v) is 20.4. The highest BCUT2D eigenvalue weighted by Crippen LogP contribution is 2.37. The zero-order valence-electron chi connectivity index (χ0n) is 87.1. The van der Waals surface area contributed by atoms with Crippen LogP contribution in [0.3, 0.4) is 0 Å². The second kappa shape index (κ2) is 78.9. The average Bonchev–Trinajstić information content (AvgIpc) is 0.782. The lowest BCUT2D eigenvalue weighted by molar-refractivity contribution is -0.385. The molecule has 2 saturated heterocycles. The number of nitrogens with one attached hydrogen (secondary N) is 6. The van der Waals surface area contributed by atoms with Crippen LogP contribution >= 0.6 is 43.5 Å². The van der Waals surface area contributed by atoms with Crippen LogP contribution in [-0.4, -0.2) is 221 Å². The van der Waals surface area contributed by atoms with Gasteiger partial charge >= 0.3 is 47.8 Å². The molecule has 6 aromatic rings. The van der Waals surface area contributed by atoms with E-state index in [0.717, 1.165) is 45.4 Å². The van der Waals surface area contributed by atoms with Crippen molar-refractivity contribution in [3.63, 3.8) is 0 Å². The number of hydrogen-bond acceptors (Lipinski definition) is 33. The number of imide groups is 1. The molecule has 0 saturated carbocycles. The van der Waals surface area contributed by atoms with Crippen LogP contribution in [0.4, 0.5) is 44.6 Å². The van der Waals surface area contributed by atoms with Crippen LogP contribution in [0.1, 0.15) is 181 Å². The Bertz CT molecular complexity index is 4960. The molecule has 46 heteroatoms. The molecule has 8 amide bonds. The van der Waals surface area contributed by atoms with Gasteiger partial charge in [-0.2, -0.15) is 0 Å². The molecule has 0 aliphatic carbocycles. The van der Waals surface area contributed by atoms with E-state index in [-0.39, 0.29) is 150 Å². The first-order chi connectivity index (χ1) is 68.1. The van der Waals surface area contributed by atoms with E-state index in [0.29, 0.717) is 85.1 Å². The Hall–Kier alpha value is -13.5. The maximum Gasteiger partial charge on any atom is 0.321 e. The van der Waals surface area contributed by atoms with Crippen LogP contribution in [0, 0.1) is 71.8 Å². The summed E-state index contributed by atoms with van der Waals surface area (Å²) in [6.45, 7) is 39.9. The molecule has 2 aliphatic heterocycles. The first kappa shape index (κ1) is 138. The van der Waals surface area contributed by atoms with Gasteiger partial charge in [-0.25, -0.2) is 4.79 Å². The monoisotopic (exact) mass is 2190 g/mol. The summed E-state index contributed by atoms with van der Waals surface area (Å²) < 4.78 is 53.4. The standard InChI is InChI=1S/C13H18O3.C10H12N2O4.C10H13NO4.C10H19NO2.C10H13NO.C9H8Br2ClNO.C9H10N2O4.C8H14O4.C6H10O4.C6H12O2.C5H8N2O2.C3H6O2/c1-10(14)8-9-16-13(15)11(2)12-6-4-3-5-7-12;1-3-10(13)11-8-5-4-7(16-2)6-9(8)12(14)15;1-4-7-5-9(14-2)10(15-3)6-8(7)11(12)13;1-8(2)9(3)10(12)11-4-6-13-7-5-11;1-8(2)10(12)11-9-6-4-3-5-7-9;1-2-8(14)13-9-6(10)3-5(12)4-7(9)11;1-2-9(13)10-7-5-6(11(14)15)3-4-8(7)12;1-4-11-7(9)6(3)8(10)12-5-2;1-4(5(7)9-2)6(8)10-3;1-4-8-6(7)5(2)3;1-3-2-6-5(9)7-4(3)8;1-3(4)5-2/h3-7,10-11,14H,8-9H2,1-2H3;4-6H,3H2,1-2H3,(H,11,13);5-6H,4H2,1-3H3;8-9H,4-7H2,1-3H3;3-8H,1-2H3,(H,11,12);3-4H,2H2,1H3,(H,13,14);3-5,12H,2H2,1H3,(H,10,13);6H,4-5H2,1-3H3;4H,1-3H3;5H,4H2,1-3H3;3H,2H2,1H3,(H2,6,7,8,9);1-2H3. The second-order valence-electron chi connectivity index (χ2n) is 31.1. The summed E-state index contributed by atoms with van der Waals surface area (Å²) in [4.78, 5) is 184. The number of halogens is 3. The smallest absolute Gasteiger partial charge is 0.321 e. The van der Waals surface area contributed by atoms with Crippen LogP contribution in [0.25, 0.3) is 0 Å². The molecule has 2 fully saturated rings. The van der Waals surface area contributed by atoms with E-state index in [2.05, 4.69) is 106 Å². The second-order valence-corrected chi connectivity index (χ2v) is 33.3. The number of carbonyl (C=O) groups excluding carboxylic acids is 14. The number of morpholine rings is 1. The van der Waals surface area contributed by atoms with E-state index in [1.165, 1.54) is 87.7 Å². The van der Waals surface area contributed by atoms with Gasteiger partial charge in [0.25, 0.3) is 17.1 Å². The largest absolute Gasteiger partial charge is 0.506 e. The molecule has 2 heterocycles. The van der Waals surface area contributed by atoms with Crippen LogP contribution in [0.5, 0.6) is 23.0 Å². The third kappa shape index (κ3) is 60.6. The molecule has 0 bridgehead atoms. The van der Waals surface area contributed by atoms with Gasteiger partial charge in [-0.05, 0) is 147 Å². The van der Waals surface area contributed by atoms with Crippen molar-refractivity contribution in [1.29, 1.82) is 0 Å². The van der Waals surface area contributed by atoms with Gasteiger partial charge in [0.05, 0.1) is 144 Å². The number of nitro benzene ring substituents is 3. The van der Waals surface area contributed by atoms with Crippen LogP contribution in [-0.2, 0) is 107 Å². The number of esters is 7. The van der Waals surface area contributed by atoms with Gasteiger partial charge in [0, 0.05) is 101 Å². The zero-order valence-corrected chi connectivity index (χ0v) is 91.0. The average molecular weight is 2200 g/mol. The molecule has 8 rings (SSSR count). The van der Waals surface area contributed by atoms with Crippen molar-refractivity contribution in [1.82, 2.24) is 15.5 Å². The third-order valence-electron chi connectivity index (χ3n) is 18.9. The summed E-state index contributed by atoms with van der Waals surface area (Å²) in [6, 6.07) is 32.8. The molecule has 2 aliphatic rings. The number of carbonyl (C=O) groups is 14. The van der Waals surface area contributed by atoms with Crippen LogP contribution in [0.2, 0.25) is 5.02 Å². The van der Waals surface area contributed by atoms with Crippen LogP contribution < -0.4 is 46.1 Å². The Labute approximate surface area is 868 Å². The van der Waals surface area contributed by atoms with E-state index < -0.39 is 62.6 Å². The number of aliphatic hydroxyl groups excluding tert-OH is 1. The van der Waals surface area contributed by atoms with Gasteiger partial charge < -0.3 is 93.8 Å². The number of rotatable bonds is 30. The summed E-state index contributed by atoms with van der Waals surface area (Å²) in [5.74, 6) is -3.61. The summed E-state index contributed by atoms with van der Waals surface area (Å²) in [5, 5.41) is 65.9. The number of nitrogens with zero attached hydrogens (tertiary/aromatic N) is 4. The number of anilines is 4. The number of aryl methyl sites for hydroxylation is 1. The molecule has 0 spiro atoms. The van der Waals surface area contributed by atoms with Crippen molar-refractivity contribution >= 4 is 167 Å². The number of phenols is 1. The molecule has 0 radical (unpaired) electrons. The molecular weight excluding hydrogens is 2050 g/mol. The number of para-hydroxylation sites is 1. The predicted molar refractivity (Wildman–Crippen MR) is 553 cm³/mol. The number of nitro groups is 3. The molecular formula is C99H143Br2ClN10O33. The Kier molecular flexibility index (Phi) is 75.0. The van der Waals surface area contributed by atoms with Gasteiger partial charge in [0.2, 0.25) is 35.4 Å². The van der Waals surface area contributed by atoms with Crippen molar-refractivity contribution in [2.24, 2.45) is 41.4 Å². The number of aromatic hydroxyl groups is 1. The quantitative estimate of drug-likeness (QED) is 0.00518. The Morgan fingerprint density at radius 1 is 0.538 bits per heavy atom. The van der Waals surface area contributed by atoms with E-state index in [4.69, 9.17) is 40.4 Å². The zero-order chi connectivity index (χ0) is 112. The number of methoxy groups -OCH3 is 6. The minimum absolute atomic E-state index is 0.00921. The van der Waals surface area contributed by atoms with Crippen LogP contribution in [0.15, 0.2) is 130 Å². The Morgan fingerprint density at radius 2 is 1.00 bits per heavy atom. The molecule has 6 aromatic carbocycles. The van der Waals surface area contributed by atoms with E-state index in [1.54, 1.807) is 79.7 Å². The lowest BCUT2D eigenvalue weighted by Crippen LogP contribution is -2.51. The lowest BCUT2D eigenvalue weighted by Gasteiger charge is -2.30. The molecule has 0 aromatic heterocycles. The number of phenolic OH excluding ortho intramolecular Hbond substituents is 1. The highest BCUT2D eigenvalue weighted by molar-refractivity contribution is 9.11. The minimum Gasteiger partial charge on any atom is -0.506 e. The summed E-state index contributed by atoms with van der Waals surface area (Å²) in [7, 11) is 8.17. The predicted octanol–water partition coefficient (Wildman–Crippen LogP) is 17.1. The van der Waals surface area contributed by atoms with E-state index in [9.17, 15) is 103 Å². The lowest BCUT2D eigenvalue weighted by atomic mass is 9.96. The Morgan fingerprint density at radius 3 is 1.39 bits per heavy atom. The molecule has 43 nitrogen and oxygen atoms in total. The van der Waals surface area contributed by atoms with Crippen molar-refractivity contribution in [2.75, 3.05) is 123 Å². The summed E-state index contributed by atoms with van der Waals surface area (Å²) in [6.07, 6.45) is 1.58. The number of hydrogen-bond donors (Lipinski definition) is 8. The maximum atomic E-state index is 11.8. The summed E-state index contributed by atoms with van der Waals surface area (Å²) >= 11 is 12.5. The van der Waals surface area contributed by atoms with Gasteiger partial charge in [-0.1, -0.05) is 143 Å². The summed E-state index contributed by atoms with van der Waals surface area (Å²) in [5.41, 5.74) is 3.09. The van der Waals surface area contributed by atoms with E-state index >= 15 is 0 Å². The highest BCUT2D eigenvalue weighted by atomic mass is 79.9. The van der Waals surface area contributed by atoms with E-state index in [1.807, 2.05) is 114 Å². The number of ether oxygens (including phenoxy) is 11. The van der Waals surface area contributed by atoms with Gasteiger partial charge in [0.15, 0.2) is 23.3 Å². The maximum absolute atomic E-state index is 11.8. The van der Waals surface area contributed by atoms with Crippen molar-refractivity contribution in [2.45, 2.75) is 183 Å². The van der Waals surface area contributed by atoms with Crippen molar-refractivity contribution in [3.05, 3.63) is 177 Å². The topological polar surface area (TPSA) is 586 Å². The SMILES string of the molecule is CC(C)C(=O)Nc1ccccc1.CC(C)C(C)C(=O)N1CCOCC1.CC(O)CCOC(=O)C(C)c1ccccc1.CC1CNC(=O)NC1=O.CCC(=O)Nc1c(Br)cc(Cl)cc1Br.CCC(=O)Nc1cc([N+](=O)[O-])ccc1O.CCC(=O)Nc1ccc(OC)cc1[N+](=O)[O-].CCOC(=O)C(C)C.CCOC(=O)C(C)C(=O)OCC.CCc1cc(OC)c(OC)cc1[N+](=O)[O-].COC(=O)C(C)C(=O)OC.COC(C)=O. The fourth-order valence-electron chi connectivity index (χ4n) is 9.87. The fourth-order valence-corrected chi connectivity index (χ4v) is 11.7.